The number of ether oxygens (including phenoxy) is 2. The molecule has 5 atom stereocenters. The zero-order chi connectivity index (χ0) is 31.3. The molecule has 6 rings (SSSR count). The van der Waals surface area contributed by atoms with Crippen LogP contribution in [-0.4, -0.2) is 107 Å². The summed E-state index contributed by atoms with van der Waals surface area (Å²) >= 11 is 0. The smallest absolute Gasteiger partial charge is 0.321 e. The van der Waals surface area contributed by atoms with Crippen LogP contribution in [0, 0.1) is 0 Å². The molecule has 44 heavy (non-hydrogen) atoms. The second kappa shape index (κ2) is 14.5. The van der Waals surface area contributed by atoms with Crippen molar-refractivity contribution in [1.82, 2.24) is 9.80 Å². The molecule has 3 N–H and O–H groups in total. The predicted molar refractivity (Wildman–Crippen MR) is 166 cm³/mol. The topological polar surface area (TPSA) is 120 Å². The van der Waals surface area contributed by atoms with Crippen molar-refractivity contribution in [3.8, 4) is 0 Å². The molecule has 0 saturated carbocycles. The molecule has 4 aliphatic heterocycles. The lowest BCUT2D eigenvalue weighted by atomic mass is 9.82. The number of carbonyl (C=O) groups is 2. The zero-order valence-electron chi connectivity index (χ0n) is 26.0. The van der Waals surface area contributed by atoms with E-state index in [2.05, 4.69) is 23.9 Å². The van der Waals surface area contributed by atoms with Crippen LogP contribution < -0.4 is 0 Å². The van der Waals surface area contributed by atoms with Crippen molar-refractivity contribution >= 4 is 11.9 Å². The number of benzene rings is 2. The Morgan fingerprint density at radius 3 is 1.59 bits per heavy atom. The first-order valence-corrected chi connectivity index (χ1v) is 16.1. The lowest BCUT2D eigenvalue weighted by Crippen LogP contribution is -2.49. The van der Waals surface area contributed by atoms with Gasteiger partial charge in [-0.15, -0.1) is 0 Å². The fraction of sp³-hybridized carbons (Fsp3) is 0.600. The first-order chi connectivity index (χ1) is 21.3. The molecule has 9 nitrogen and oxygen atoms in total. The third-order valence-electron chi connectivity index (χ3n) is 10.6. The first kappa shape index (κ1) is 32.6. The standard InChI is InChI=1S/C18H25NO4.C17H23NO3/c1-19-14-7-8-15(19)10-16(9-14)23-17(22)18(11-20,12-21)13-5-3-2-4-6-13;1-18-13-7-8-14(18)10-15(9-13)21-17(20)16(11-19)12-5-3-2-4-6-12/h2-6,14-16,20-21H,7-12H2,1H3;2-6,13-16,19H,7-11H2,1H3. The minimum Gasteiger partial charge on any atom is -0.462 e. The van der Waals surface area contributed by atoms with Crippen molar-refractivity contribution < 1.29 is 34.4 Å². The molecule has 4 bridgehead atoms. The van der Waals surface area contributed by atoms with Gasteiger partial charge in [-0.1, -0.05) is 60.7 Å². The van der Waals surface area contributed by atoms with Crippen molar-refractivity contribution in [2.75, 3.05) is 33.9 Å². The minimum absolute atomic E-state index is 0.00367. The lowest BCUT2D eigenvalue weighted by Gasteiger charge is -2.37. The molecule has 0 amide bonds. The Labute approximate surface area is 260 Å². The number of carbonyl (C=O) groups excluding carboxylic acids is 2. The minimum atomic E-state index is -1.39. The molecule has 0 spiro atoms. The number of aliphatic hydroxyl groups excluding tert-OH is 3. The van der Waals surface area contributed by atoms with Crippen LogP contribution in [0.2, 0.25) is 0 Å². The summed E-state index contributed by atoms with van der Waals surface area (Å²) in [5, 5.41) is 29.2. The number of rotatable bonds is 9. The number of piperidine rings is 2. The summed E-state index contributed by atoms with van der Waals surface area (Å²) in [4.78, 5) is 29.9. The third-order valence-corrected chi connectivity index (χ3v) is 10.6. The number of esters is 2. The lowest BCUT2D eigenvalue weighted by molar-refractivity contribution is -0.163. The molecule has 2 aromatic carbocycles. The van der Waals surface area contributed by atoms with Crippen LogP contribution in [0.25, 0.3) is 0 Å². The summed E-state index contributed by atoms with van der Waals surface area (Å²) < 4.78 is 11.4. The van der Waals surface area contributed by atoms with Crippen LogP contribution in [0.3, 0.4) is 0 Å². The van der Waals surface area contributed by atoms with Crippen LogP contribution in [0.15, 0.2) is 60.7 Å². The van der Waals surface area contributed by atoms with Gasteiger partial charge in [0.05, 0.1) is 19.8 Å². The van der Waals surface area contributed by atoms with E-state index in [-0.39, 0.29) is 24.8 Å². The van der Waals surface area contributed by atoms with E-state index in [0.717, 1.165) is 44.1 Å². The summed E-state index contributed by atoms with van der Waals surface area (Å²) in [6.07, 6.45) is 8.10. The number of hydrogen-bond acceptors (Lipinski definition) is 9. The number of fused-ring (bicyclic) bond motifs is 4. The van der Waals surface area contributed by atoms with Gasteiger partial charge in [0.15, 0.2) is 0 Å². The van der Waals surface area contributed by atoms with Crippen molar-refractivity contribution in [1.29, 1.82) is 0 Å². The Balaban J connectivity index is 0.000000175. The fourth-order valence-electron chi connectivity index (χ4n) is 7.66. The second-order valence-corrected chi connectivity index (χ2v) is 13.0. The average Bonchev–Trinajstić information content (AvgIpc) is 3.35. The van der Waals surface area contributed by atoms with Gasteiger partial charge in [0, 0.05) is 24.2 Å². The summed E-state index contributed by atoms with van der Waals surface area (Å²) in [5.41, 5.74) is 0.0238. The van der Waals surface area contributed by atoms with Crippen molar-refractivity contribution in [2.45, 2.75) is 99.1 Å². The summed E-state index contributed by atoms with van der Waals surface area (Å²) in [7, 11) is 4.30. The fourth-order valence-corrected chi connectivity index (χ4v) is 7.66. The molecule has 4 heterocycles. The molecule has 4 saturated heterocycles. The quantitative estimate of drug-likeness (QED) is 0.369. The first-order valence-electron chi connectivity index (χ1n) is 16.1. The predicted octanol–water partition coefficient (Wildman–Crippen LogP) is 3.01. The van der Waals surface area contributed by atoms with E-state index in [1.807, 2.05) is 36.4 Å². The van der Waals surface area contributed by atoms with E-state index < -0.39 is 30.5 Å². The van der Waals surface area contributed by atoms with Crippen molar-refractivity contribution in [3.63, 3.8) is 0 Å². The van der Waals surface area contributed by atoms with Crippen molar-refractivity contribution in [2.24, 2.45) is 0 Å². The highest BCUT2D eigenvalue weighted by Crippen LogP contribution is 2.37. The Morgan fingerprint density at radius 2 is 1.16 bits per heavy atom. The zero-order valence-corrected chi connectivity index (χ0v) is 26.0. The molecule has 9 heteroatoms. The molecule has 0 radical (unpaired) electrons. The van der Waals surface area contributed by atoms with Crippen molar-refractivity contribution in [3.05, 3.63) is 71.8 Å². The molecular formula is C35H48N2O7. The van der Waals surface area contributed by atoms with Gasteiger partial charge < -0.3 is 34.6 Å². The van der Waals surface area contributed by atoms with E-state index in [1.165, 1.54) is 12.8 Å². The SMILES string of the molecule is CN1C2CCC1CC(OC(=O)C(CO)(CO)c1ccccc1)C2.CN1C2CCC1CC(OC(=O)C(CO)c1ccccc1)C2. The van der Waals surface area contributed by atoms with Crippen LogP contribution >= 0.6 is 0 Å². The Kier molecular flexibility index (Phi) is 10.7. The van der Waals surface area contributed by atoms with Gasteiger partial charge in [0.2, 0.25) is 0 Å². The van der Waals surface area contributed by atoms with Gasteiger partial charge in [-0.3, -0.25) is 9.59 Å². The number of hydrogen-bond donors (Lipinski definition) is 3. The van der Waals surface area contributed by atoms with Crippen LogP contribution in [0.1, 0.15) is 68.4 Å². The summed E-state index contributed by atoms with van der Waals surface area (Å²) in [5.74, 6) is -1.39. The molecule has 0 aliphatic carbocycles. The molecule has 4 aliphatic rings. The maximum atomic E-state index is 12.8. The normalized spacial score (nSPS) is 28.9. The highest BCUT2D eigenvalue weighted by atomic mass is 16.6. The number of nitrogens with zero attached hydrogens (tertiary/aromatic N) is 2. The highest BCUT2D eigenvalue weighted by Gasteiger charge is 2.45. The second-order valence-electron chi connectivity index (χ2n) is 13.0. The third kappa shape index (κ3) is 6.87. The van der Waals surface area contributed by atoms with Crippen LogP contribution in [-0.2, 0) is 24.5 Å². The van der Waals surface area contributed by atoms with E-state index in [1.54, 1.807) is 24.3 Å². The molecule has 2 aromatic rings. The van der Waals surface area contributed by atoms with Crippen LogP contribution in [0.4, 0.5) is 0 Å². The maximum absolute atomic E-state index is 12.8. The molecule has 240 valence electrons. The Bertz CT molecular complexity index is 1200. The van der Waals surface area contributed by atoms with Gasteiger partial charge in [0.1, 0.15) is 23.5 Å². The van der Waals surface area contributed by atoms with E-state index >= 15 is 0 Å². The number of aliphatic hydroxyl groups is 3. The van der Waals surface area contributed by atoms with Gasteiger partial charge in [-0.2, -0.15) is 0 Å². The summed E-state index contributed by atoms with van der Waals surface area (Å²) in [6, 6.07) is 20.3. The molecular weight excluding hydrogens is 560 g/mol. The highest BCUT2D eigenvalue weighted by molar-refractivity contribution is 5.84. The maximum Gasteiger partial charge on any atom is 0.321 e. The molecule has 0 aromatic heterocycles. The average molecular weight is 609 g/mol. The summed E-state index contributed by atoms with van der Waals surface area (Å²) in [6.45, 7) is -1.14. The van der Waals surface area contributed by atoms with Gasteiger partial charge in [0.25, 0.3) is 0 Å². The van der Waals surface area contributed by atoms with Gasteiger partial charge in [-0.25, -0.2) is 0 Å². The molecule has 5 unspecified atom stereocenters. The molecule has 4 fully saturated rings. The van der Waals surface area contributed by atoms with Gasteiger partial charge >= 0.3 is 11.9 Å². The van der Waals surface area contributed by atoms with E-state index in [9.17, 15) is 24.9 Å². The van der Waals surface area contributed by atoms with E-state index in [0.29, 0.717) is 29.7 Å². The Hall–Kier alpha value is -2.82. The Morgan fingerprint density at radius 1 is 0.727 bits per heavy atom. The monoisotopic (exact) mass is 608 g/mol. The van der Waals surface area contributed by atoms with Gasteiger partial charge in [-0.05, 0) is 76.6 Å². The van der Waals surface area contributed by atoms with Crippen LogP contribution in [0.5, 0.6) is 0 Å². The van der Waals surface area contributed by atoms with E-state index in [4.69, 9.17) is 9.47 Å². The largest absolute Gasteiger partial charge is 0.462 e.